The number of aromatic nitrogens is 2. The second kappa shape index (κ2) is 13.2. The molecule has 262 valence electrons. The summed E-state index contributed by atoms with van der Waals surface area (Å²) < 4.78 is 4.84. The van der Waals surface area contributed by atoms with Gasteiger partial charge in [0.2, 0.25) is 0 Å². The summed E-state index contributed by atoms with van der Waals surface area (Å²) in [4.78, 5) is 0. The van der Waals surface area contributed by atoms with Gasteiger partial charge in [-0.05, 0) is 99.1 Å². The van der Waals surface area contributed by atoms with E-state index in [1.54, 1.807) is 0 Å². The summed E-state index contributed by atoms with van der Waals surface area (Å²) in [5, 5.41) is 4.99. The highest BCUT2D eigenvalue weighted by Crippen LogP contribution is 2.43. The Labute approximate surface area is 325 Å². The van der Waals surface area contributed by atoms with Crippen LogP contribution in [0.3, 0.4) is 0 Å². The predicted molar refractivity (Wildman–Crippen MR) is 237 cm³/mol. The van der Waals surface area contributed by atoms with E-state index in [0.717, 1.165) is 11.4 Å². The Morgan fingerprint density at radius 1 is 0.232 bits per heavy atom. The van der Waals surface area contributed by atoms with Gasteiger partial charge in [-0.3, -0.25) is 0 Å². The molecule has 0 saturated heterocycles. The number of fused-ring (bicyclic) bond motifs is 6. The van der Waals surface area contributed by atoms with Gasteiger partial charge in [-0.1, -0.05) is 164 Å². The first-order valence-corrected chi connectivity index (χ1v) is 19.3. The lowest BCUT2D eigenvalue weighted by molar-refractivity contribution is 1.18. The molecule has 0 aliphatic carbocycles. The molecule has 0 saturated carbocycles. The molecule has 0 amide bonds. The molecule has 0 aliphatic heterocycles. The predicted octanol–water partition coefficient (Wildman–Crippen LogP) is 14.5. The molecule has 11 aromatic rings. The van der Waals surface area contributed by atoms with E-state index in [0.29, 0.717) is 0 Å². The molecule has 0 radical (unpaired) electrons. The fourth-order valence-corrected chi connectivity index (χ4v) is 8.82. The van der Waals surface area contributed by atoms with Gasteiger partial charge in [-0.15, -0.1) is 0 Å². The van der Waals surface area contributed by atoms with Gasteiger partial charge in [0.05, 0.1) is 22.1 Å². The Hall–Kier alpha value is -7.42. The molecule has 2 heteroatoms. The maximum absolute atomic E-state index is 2.43. The zero-order valence-electron chi connectivity index (χ0n) is 30.7. The third-order valence-corrected chi connectivity index (χ3v) is 11.3. The van der Waals surface area contributed by atoms with Crippen molar-refractivity contribution in [2.75, 3.05) is 0 Å². The molecule has 0 unspecified atom stereocenters. The highest BCUT2D eigenvalue weighted by Gasteiger charge is 2.19. The van der Waals surface area contributed by atoms with Crippen LogP contribution in [0.4, 0.5) is 0 Å². The van der Waals surface area contributed by atoms with Gasteiger partial charge in [0.25, 0.3) is 0 Å². The molecule has 2 heterocycles. The Kier molecular flexibility index (Phi) is 7.53. The Bertz CT molecular complexity index is 3240. The van der Waals surface area contributed by atoms with Gasteiger partial charge < -0.3 is 9.13 Å². The Balaban J connectivity index is 1.09. The maximum Gasteiger partial charge on any atom is 0.0547 e. The Morgan fingerprint density at radius 2 is 0.696 bits per heavy atom. The lowest BCUT2D eigenvalue weighted by Crippen LogP contribution is -1.94. The Morgan fingerprint density at radius 3 is 1.38 bits per heavy atom. The van der Waals surface area contributed by atoms with Crippen LogP contribution < -0.4 is 0 Å². The van der Waals surface area contributed by atoms with Gasteiger partial charge in [0, 0.05) is 32.9 Å². The molecule has 0 atom stereocenters. The van der Waals surface area contributed by atoms with Crippen LogP contribution in [0.2, 0.25) is 0 Å². The summed E-state index contributed by atoms with van der Waals surface area (Å²) in [7, 11) is 0. The maximum atomic E-state index is 2.43. The normalized spacial score (nSPS) is 11.6. The van der Waals surface area contributed by atoms with Crippen molar-refractivity contribution in [3.63, 3.8) is 0 Å². The number of nitrogens with zero attached hydrogens (tertiary/aromatic N) is 2. The molecule has 11 rings (SSSR count). The number of benzene rings is 9. The molecule has 2 nitrogen and oxygen atoms in total. The fraction of sp³-hybridized carbons (Fsp3) is 0. The van der Waals surface area contributed by atoms with Crippen molar-refractivity contribution in [3.05, 3.63) is 218 Å². The molecule has 0 spiro atoms. The van der Waals surface area contributed by atoms with Crippen LogP contribution in [-0.2, 0) is 0 Å². The van der Waals surface area contributed by atoms with Crippen molar-refractivity contribution in [3.8, 4) is 55.9 Å². The highest BCUT2D eigenvalue weighted by molar-refractivity contribution is 6.17. The van der Waals surface area contributed by atoms with Crippen LogP contribution in [0.15, 0.2) is 218 Å². The minimum atomic E-state index is 1.15. The molecule has 0 N–H and O–H groups in total. The lowest BCUT2D eigenvalue weighted by atomic mass is 9.91. The second-order valence-corrected chi connectivity index (χ2v) is 14.5. The number of para-hydroxylation sites is 2. The number of hydrogen-bond acceptors (Lipinski definition) is 0. The van der Waals surface area contributed by atoms with Crippen LogP contribution in [0, 0.1) is 0 Å². The van der Waals surface area contributed by atoms with E-state index in [1.165, 1.54) is 88.1 Å². The van der Waals surface area contributed by atoms with Gasteiger partial charge >= 0.3 is 0 Å². The average Bonchev–Trinajstić information content (AvgIpc) is 3.80. The third kappa shape index (κ3) is 5.19. The molecule has 0 fully saturated rings. The van der Waals surface area contributed by atoms with Crippen molar-refractivity contribution < 1.29 is 0 Å². The summed E-state index contributed by atoms with van der Waals surface area (Å²) in [5.41, 5.74) is 16.8. The van der Waals surface area contributed by atoms with Crippen molar-refractivity contribution in [1.82, 2.24) is 9.13 Å². The summed E-state index contributed by atoms with van der Waals surface area (Å²) >= 11 is 0. The van der Waals surface area contributed by atoms with Crippen LogP contribution in [-0.4, -0.2) is 9.13 Å². The SMILES string of the molecule is c1ccc(-c2cccc(-n3c4ccccc4c4cc(-c5ccccc5-c5cccc6c5c5ccccc5n6-c5cccc(-c6ccccc6)c5)ccc43)c2)cc1. The zero-order chi connectivity index (χ0) is 37.0. The van der Waals surface area contributed by atoms with Gasteiger partial charge in [-0.2, -0.15) is 0 Å². The number of rotatable bonds is 6. The van der Waals surface area contributed by atoms with E-state index in [2.05, 4.69) is 228 Å². The molecular weight excluding hydrogens is 677 g/mol. The summed E-state index contributed by atoms with van der Waals surface area (Å²) in [6, 6.07) is 79.4. The molecule has 0 aliphatic rings. The molecule has 2 aromatic heterocycles. The van der Waals surface area contributed by atoms with Crippen molar-refractivity contribution >= 4 is 43.6 Å². The van der Waals surface area contributed by atoms with Crippen LogP contribution in [0.5, 0.6) is 0 Å². The van der Waals surface area contributed by atoms with E-state index in [1.807, 2.05) is 0 Å². The fourth-order valence-electron chi connectivity index (χ4n) is 8.82. The standard InChI is InChI=1S/C54H36N2/c1-3-16-37(17-4-1)39-20-13-22-42(34-39)55-50-29-11-9-26-46(50)49-36-41(32-33-52(49)55)44-24-7-8-25-45(44)47-28-15-31-53-54(47)48-27-10-12-30-51(48)56(53)43-23-14-21-40(35-43)38-18-5-2-6-19-38/h1-36H. The number of hydrogen-bond donors (Lipinski definition) is 0. The van der Waals surface area contributed by atoms with Gasteiger partial charge in [0.15, 0.2) is 0 Å². The first-order chi connectivity index (χ1) is 27.8. The molecule has 0 bridgehead atoms. The van der Waals surface area contributed by atoms with E-state index < -0.39 is 0 Å². The summed E-state index contributed by atoms with van der Waals surface area (Å²) in [5.74, 6) is 0. The molecule has 56 heavy (non-hydrogen) atoms. The van der Waals surface area contributed by atoms with E-state index >= 15 is 0 Å². The zero-order valence-corrected chi connectivity index (χ0v) is 30.7. The minimum Gasteiger partial charge on any atom is -0.309 e. The van der Waals surface area contributed by atoms with Crippen molar-refractivity contribution in [2.24, 2.45) is 0 Å². The topological polar surface area (TPSA) is 9.86 Å². The van der Waals surface area contributed by atoms with Crippen LogP contribution in [0.1, 0.15) is 0 Å². The van der Waals surface area contributed by atoms with E-state index in [4.69, 9.17) is 0 Å². The summed E-state index contributed by atoms with van der Waals surface area (Å²) in [6.45, 7) is 0. The first-order valence-electron chi connectivity index (χ1n) is 19.3. The highest BCUT2D eigenvalue weighted by atomic mass is 15.0. The van der Waals surface area contributed by atoms with Crippen molar-refractivity contribution in [1.29, 1.82) is 0 Å². The minimum absolute atomic E-state index is 1.15. The van der Waals surface area contributed by atoms with Gasteiger partial charge in [-0.25, -0.2) is 0 Å². The third-order valence-electron chi connectivity index (χ3n) is 11.3. The van der Waals surface area contributed by atoms with Crippen molar-refractivity contribution in [2.45, 2.75) is 0 Å². The smallest absolute Gasteiger partial charge is 0.0547 e. The van der Waals surface area contributed by atoms with Crippen LogP contribution in [0.25, 0.3) is 99.5 Å². The quantitative estimate of drug-likeness (QED) is 0.162. The second-order valence-electron chi connectivity index (χ2n) is 14.5. The van der Waals surface area contributed by atoms with E-state index in [-0.39, 0.29) is 0 Å². The average molecular weight is 713 g/mol. The molecular formula is C54H36N2. The monoisotopic (exact) mass is 712 g/mol. The van der Waals surface area contributed by atoms with E-state index in [9.17, 15) is 0 Å². The first kappa shape index (κ1) is 32.0. The largest absolute Gasteiger partial charge is 0.309 e. The van der Waals surface area contributed by atoms with Crippen LogP contribution >= 0.6 is 0 Å². The lowest BCUT2D eigenvalue weighted by Gasteiger charge is -2.14. The molecule has 9 aromatic carbocycles. The van der Waals surface area contributed by atoms with Gasteiger partial charge in [0.1, 0.15) is 0 Å². The summed E-state index contributed by atoms with van der Waals surface area (Å²) in [6.07, 6.45) is 0.